The molecule has 0 aromatic heterocycles. The van der Waals surface area contributed by atoms with Gasteiger partial charge >= 0.3 is 0 Å². The predicted molar refractivity (Wildman–Crippen MR) is 60.1 cm³/mol. The fourth-order valence-corrected chi connectivity index (χ4v) is 2.64. The number of aliphatic hydroxyl groups excluding tert-OH is 1. The molecule has 1 heterocycles. The van der Waals surface area contributed by atoms with Crippen molar-refractivity contribution in [2.24, 2.45) is 0 Å². The summed E-state index contributed by atoms with van der Waals surface area (Å²) >= 11 is 0. The first-order valence-electron chi connectivity index (χ1n) is 5.80. The molecular weight excluding hydrogens is 202 g/mol. The molecule has 16 heavy (non-hydrogen) atoms. The fourth-order valence-electron chi connectivity index (χ4n) is 2.64. The van der Waals surface area contributed by atoms with Crippen molar-refractivity contribution in [1.82, 2.24) is 4.90 Å². The SMILES string of the molecule is O=C(C1Cc2ccccc21)N1CC[C@H](O)C1. The molecule has 0 spiro atoms. The van der Waals surface area contributed by atoms with Gasteiger partial charge in [-0.2, -0.15) is 0 Å². The molecule has 3 heteroatoms. The normalized spacial score (nSPS) is 27.4. The molecular formula is C13H15NO2. The van der Waals surface area contributed by atoms with Gasteiger partial charge in [-0.3, -0.25) is 4.79 Å². The van der Waals surface area contributed by atoms with Gasteiger partial charge in [-0.25, -0.2) is 0 Å². The van der Waals surface area contributed by atoms with E-state index in [1.165, 1.54) is 11.1 Å². The Morgan fingerprint density at radius 1 is 1.38 bits per heavy atom. The lowest BCUT2D eigenvalue weighted by Gasteiger charge is -2.32. The number of nitrogens with zero attached hydrogens (tertiary/aromatic N) is 1. The summed E-state index contributed by atoms with van der Waals surface area (Å²) in [4.78, 5) is 13.9. The Balaban J connectivity index is 1.75. The van der Waals surface area contributed by atoms with Gasteiger partial charge in [0.25, 0.3) is 0 Å². The molecule has 1 N–H and O–H groups in total. The zero-order valence-electron chi connectivity index (χ0n) is 9.10. The van der Waals surface area contributed by atoms with E-state index < -0.39 is 0 Å². The molecule has 84 valence electrons. The maximum Gasteiger partial charge on any atom is 0.230 e. The number of aliphatic hydroxyl groups is 1. The Hall–Kier alpha value is -1.35. The smallest absolute Gasteiger partial charge is 0.230 e. The highest BCUT2D eigenvalue weighted by atomic mass is 16.3. The molecule has 1 saturated heterocycles. The topological polar surface area (TPSA) is 40.5 Å². The molecule has 2 atom stereocenters. The van der Waals surface area contributed by atoms with Gasteiger partial charge in [-0.05, 0) is 24.0 Å². The van der Waals surface area contributed by atoms with Crippen LogP contribution in [0, 0.1) is 0 Å². The van der Waals surface area contributed by atoms with Crippen molar-refractivity contribution in [3.8, 4) is 0 Å². The molecule has 1 aliphatic heterocycles. The highest BCUT2D eigenvalue weighted by Gasteiger charge is 2.36. The number of likely N-dealkylation sites (tertiary alicyclic amines) is 1. The Kier molecular flexibility index (Phi) is 2.21. The summed E-state index contributed by atoms with van der Waals surface area (Å²) < 4.78 is 0. The Morgan fingerprint density at radius 3 is 2.88 bits per heavy atom. The summed E-state index contributed by atoms with van der Waals surface area (Å²) in [5.74, 6) is 0.233. The second-order valence-corrected chi connectivity index (χ2v) is 4.68. The van der Waals surface area contributed by atoms with Crippen molar-refractivity contribution in [1.29, 1.82) is 0 Å². The minimum absolute atomic E-state index is 0.0431. The number of amides is 1. The van der Waals surface area contributed by atoms with Gasteiger partial charge in [0.2, 0.25) is 5.91 Å². The molecule has 1 aromatic carbocycles. The van der Waals surface area contributed by atoms with E-state index in [0.717, 1.165) is 12.8 Å². The van der Waals surface area contributed by atoms with E-state index in [1.807, 2.05) is 18.2 Å². The number of fused-ring (bicyclic) bond motifs is 1. The van der Waals surface area contributed by atoms with Crippen molar-refractivity contribution in [2.75, 3.05) is 13.1 Å². The molecule has 3 nitrogen and oxygen atoms in total. The number of β-amino-alcohol motifs (C(OH)–C–C–N with tert-alkyl or cyclic N) is 1. The Bertz CT molecular complexity index is 430. The lowest BCUT2D eigenvalue weighted by atomic mass is 9.77. The van der Waals surface area contributed by atoms with Gasteiger partial charge in [0.05, 0.1) is 12.0 Å². The molecule has 2 aliphatic rings. The molecule has 0 radical (unpaired) electrons. The van der Waals surface area contributed by atoms with E-state index in [4.69, 9.17) is 0 Å². The van der Waals surface area contributed by atoms with Gasteiger partial charge in [-0.15, -0.1) is 0 Å². The van der Waals surface area contributed by atoms with Crippen molar-refractivity contribution >= 4 is 5.91 Å². The third-order valence-electron chi connectivity index (χ3n) is 3.63. The molecule has 1 unspecified atom stereocenters. The Morgan fingerprint density at radius 2 is 2.19 bits per heavy atom. The summed E-state index contributed by atoms with van der Waals surface area (Å²) in [6.45, 7) is 1.22. The molecule has 0 bridgehead atoms. The standard InChI is InChI=1S/C13H15NO2/c15-10-5-6-14(8-10)13(16)12-7-9-3-1-2-4-11(9)12/h1-4,10,12,15H,5-8H2/t10-,12?/m0/s1. The van der Waals surface area contributed by atoms with Crippen molar-refractivity contribution < 1.29 is 9.90 Å². The molecule has 1 aliphatic carbocycles. The van der Waals surface area contributed by atoms with Gasteiger partial charge < -0.3 is 10.0 Å². The summed E-state index contributed by atoms with van der Waals surface area (Å²) in [7, 11) is 0. The van der Waals surface area contributed by atoms with Crippen LogP contribution >= 0.6 is 0 Å². The van der Waals surface area contributed by atoms with Crippen LogP contribution in [0.25, 0.3) is 0 Å². The van der Waals surface area contributed by atoms with Gasteiger partial charge in [0.15, 0.2) is 0 Å². The van der Waals surface area contributed by atoms with Gasteiger partial charge in [0.1, 0.15) is 0 Å². The van der Waals surface area contributed by atoms with Crippen LogP contribution in [0.2, 0.25) is 0 Å². The Labute approximate surface area is 94.7 Å². The van der Waals surface area contributed by atoms with E-state index in [9.17, 15) is 9.90 Å². The monoisotopic (exact) mass is 217 g/mol. The predicted octanol–water partition coefficient (Wildman–Crippen LogP) is 0.919. The summed E-state index contributed by atoms with van der Waals surface area (Å²) in [5.41, 5.74) is 2.47. The van der Waals surface area contributed by atoms with Crippen LogP contribution in [0.15, 0.2) is 24.3 Å². The van der Waals surface area contributed by atoms with Crippen LogP contribution in [0.5, 0.6) is 0 Å². The summed E-state index contributed by atoms with van der Waals surface area (Å²) in [6, 6.07) is 8.11. The molecule has 1 amide bonds. The number of rotatable bonds is 1. The minimum atomic E-state index is -0.320. The van der Waals surface area contributed by atoms with E-state index in [-0.39, 0.29) is 17.9 Å². The van der Waals surface area contributed by atoms with E-state index >= 15 is 0 Å². The maximum atomic E-state index is 12.2. The maximum absolute atomic E-state index is 12.2. The number of carbonyl (C=O) groups is 1. The molecule has 1 aromatic rings. The zero-order chi connectivity index (χ0) is 11.1. The fraction of sp³-hybridized carbons (Fsp3) is 0.462. The van der Waals surface area contributed by atoms with Crippen LogP contribution < -0.4 is 0 Å². The minimum Gasteiger partial charge on any atom is -0.391 e. The van der Waals surface area contributed by atoms with Crippen molar-refractivity contribution in [3.63, 3.8) is 0 Å². The van der Waals surface area contributed by atoms with Crippen LogP contribution in [0.4, 0.5) is 0 Å². The second kappa shape index (κ2) is 3.59. The second-order valence-electron chi connectivity index (χ2n) is 4.68. The summed E-state index contributed by atoms with van der Waals surface area (Å²) in [5, 5.41) is 9.42. The molecule has 1 fully saturated rings. The quantitative estimate of drug-likeness (QED) is 0.760. The molecule has 0 saturated carbocycles. The van der Waals surface area contributed by atoms with E-state index in [1.54, 1.807) is 4.90 Å². The molecule has 3 rings (SSSR count). The number of hydrogen-bond acceptors (Lipinski definition) is 2. The number of carbonyl (C=O) groups excluding carboxylic acids is 1. The average molecular weight is 217 g/mol. The van der Waals surface area contributed by atoms with Gasteiger partial charge in [-0.1, -0.05) is 24.3 Å². The first-order chi connectivity index (χ1) is 7.75. The van der Waals surface area contributed by atoms with E-state index in [2.05, 4.69) is 6.07 Å². The lowest BCUT2D eigenvalue weighted by molar-refractivity contribution is -0.132. The highest BCUT2D eigenvalue weighted by Crippen LogP contribution is 2.36. The van der Waals surface area contributed by atoms with Gasteiger partial charge in [0, 0.05) is 13.1 Å². The van der Waals surface area contributed by atoms with Crippen molar-refractivity contribution in [2.45, 2.75) is 24.9 Å². The highest BCUT2D eigenvalue weighted by molar-refractivity contribution is 5.87. The first-order valence-corrected chi connectivity index (χ1v) is 5.80. The van der Waals surface area contributed by atoms with Crippen LogP contribution in [-0.2, 0) is 11.2 Å². The van der Waals surface area contributed by atoms with Crippen LogP contribution in [-0.4, -0.2) is 35.1 Å². The van der Waals surface area contributed by atoms with E-state index in [0.29, 0.717) is 13.1 Å². The third-order valence-corrected chi connectivity index (χ3v) is 3.63. The number of hydrogen-bond donors (Lipinski definition) is 1. The van der Waals surface area contributed by atoms with Crippen molar-refractivity contribution in [3.05, 3.63) is 35.4 Å². The summed E-state index contributed by atoms with van der Waals surface area (Å²) in [6.07, 6.45) is 1.26. The van der Waals surface area contributed by atoms with Crippen LogP contribution in [0.3, 0.4) is 0 Å². The zero-order valence-corrected chi connectivity index (χ0v) is 9.10. The number of benzene rings is 1. The largest absolute Gasteiger partial charge is 0.391 e. The lowest BCUT2D eigenvalue weighted by Crippen LogP contribution is -2.38. The van der Waals surface area contributed by atoms with Crippen LogP contribution in [0.1, 0.15) is 23.5 Å². The average Bonchev–Trinajstić information content (AvgIpc) is 2.67. The first kappa shape index (κ1) is 9.85. The third kappa shape index (κ3) is 1.43.